The summed E-state index contributed by atoms with van der Waals surface area (Å²) < 4.78 is 32.2. The third-order valence-electron chi connectivity index (χ3n) is 6.21. The second-order valence-corrected chi connectivity index (χ2v) is 9.82. The van der Waals surface area contributed by atoms with Crippen LogP contribution in [-0.4, -0.2) is 56.4 Å². The normalized spacial score (nSPS) is 11.1. The van der Waals surface area contributed by atoms with Crippen LogP contribution in [0.3, 0.4) is 0 Å². The van der Waals surface area contributed by atoms with Crippen LogP contribution in [0, 0.1) is 13.8 Å². The third-order valence-corrected chi connectivity index (χ3v) is 6.21. The lowest BCUT2D eigenvalue weighted by atomic mass is 10.1. The summed E-state index contributed by atoms with van der Waals surface area (Å²) in [5, 5.41) is 0. The van der Waals surface area contributed by atoms with Crippen molar-refractivity contribution in [1.29, 1.82) is 0 Å². The Labute approximate surface area is 262 Å². The van der Waals surface area contributed by atoms with Crippen molar-refractivity contribution in [3.63, 3.8) is 0 Å². The summed E-state index contributed by atoms with van der Waals surface area (Å²) in [6.45, 7) is 11.2. The summed E-state index contributed by atoms with van der Waals surface area (Å²) in [7, 11) is 0. The molecule has 236 valence electrons. The fourth-order valence-corrected chi connectivity index (χ4v) is 3.86. The van der Waals surface area contributed by atoms with E-state index >= 15 is 0 Å². The van der Waals surface area contributed by atoms with Gasteiger partial charge in [-0.05, 0) is 86.8 Å². The Balaban J connectivity index is 1.36. The van der Waals surface area contributed by atoms with Gasteiger partial charge in [0.25, 0.3) is 0 Å². The van der Waals surface area contributed by atoms with E-state index < -0.39 is 30.0 Å². The van der Waals surface area contributed by atoms with E-state index in [0.717, 1.165) is 23.3 Å². The van der Waals surface area contributed by atoms with E-state index in [1.807, 2.05) is 26.0 Å². The summed E-state index contributed by atoms with van der Waals surface area (Å²) in [6, 6.07) is 18.2. The number of ether oxygens (including phenoxy) is 6. The number of carbonyl (C=O) groups excluding carboxylic acids is 4. The molecule has 0 heterocycles. The molecule has 0 bridgehead atoms. The Morgan fingerprint density at radius 1 is 0.711 bits per heavy atom. The van der Waals surface area contributed by atoms with Gasteiger partial charge in [0.15, 0.2) is 6.10 Å². The summed E-state index contributed by atoms with van der Waals surface area (Å²) >= 11 is 0. The predicted octanol–water partition coefficient (Wildman–Crippen LogP) is 5.74. The van der Waals surface area contributed by atoms with Crippen LogP contribution in [0.15, 0.2) is 92.0 Å². The Bertz CT molecular complexity index is 1480. The molecule has 0 N–H and O–H groups in total. The first-order valence-electron chi connectivity index (χ1n) is 14.2. The molecule has 0 aliphatic carbocycles. The zero-order valence-electron chi connectivity index (χ0n) is 25.3. The maximum Gasteiger partial charge on any atom is 0.343 e. The van der Waals surface area contributed by atoms with E-state index in [2.05, 4.69) is 13.2 Å². The number of rotatable bonds is 17. The molecule has 0 aliphatic heterocycles. The van der Waals surface area contributed by atoms with Crippen LogP contribution in [-0.2, 0) is 23.8 Å². The summed E-state index contributed by atoms with van der Waals surface area (Å²) in [6.07, 6.45) is 2.62. The van der Waals surface area contributed by atoms with Crippen molar-refractivity contribution in [2.24, 2.45) is 0 Å². The van der Waals surface area contributed by atoms with Gasteiger partial charge in [0.05, 0.1) is 24.3 Å². The second kappa shape index (κ2) is 17.8. The highest BCUT2D eigenvalue weighted by atomic mass is 16.6. The molecule has 0 spiro atoms. The summed E-state index contributed by atoms with van der Waals surface area (Å²) in [5.41, 5.74) is 2.59. The maximum atomic E-state index is 12.6. The van der Waals surface area contributed by atoms with Crippen LogP contribution in [0.5, 0.6) is 17.2 Å². The lowest BCUT2D eigenvalue weighted by molar-refractivity contribution is -0.156. The van der Waals surface area contributed by atoms with Gasteiger partial charge < -0.3 is 28.4 Å². The van der Waals surface area contributed by atoms with Gasteiger partial charge in [-0.15, -0.1) is 0 Å². The monoisotopic (exact) mass is 616 g/mol. The predicted molar refractivity (Wildman–Crippen MR) is 165 cm³/mol. The van der Waals surface area contributed by atoms with Gasteiger partial charge in [-0.3, -0.25) is 0 Å². The SMILES string of the molecule is C=CC(=O)OCC(COCCCCOc1ccc(C(=O)Oc2ccc(C(=O)Oc3ccc(C)cc3C)cc2)cc1)OC(=O)C=C. The Morgan fingerprint density at radius 2 is 1.31 bits per heavy atom. The standard InChI is InChI=1S/C35H36O10/c1-5-32(36)42-23-30(43-33(37)6-2)22-40-19-7-8-20-41-28-14-10-26(11-15-28)34(38)44-29-16-12-27(13-17-29)35(39)45-31-18-9-24(3)21-25(31)4/h5-6,9-18,21,30H,1-2,7-8,19-20,22-23H2,3-4H3. The fraction of sp³-hybridized carbons (Fsp3) is 0.257. The van der Waals surface area contributed by atoms with Crippen LogP contribution < -0.4 is 14.2 Å². The van der Waals surface area contributed by atoms with Crippen LogP contribution in [0.4, 0.5) is 0 Å². The maximum absolute atomic E-state index is 12.6. The van der Waals surface area contributed by atoms with E-state index in [0.29, 0.717) is 48.7 Å². The van der Waals surface area contributed by atoms with Crippen molar-refractivity contribution in [1.82, 2.24) is 0 Å². The molecular weight excluding hydrogens is 580 g/mol. The fourth-order valence-electron chi connectivity index (χ4n) is 3.86. The molecular formula is C35H36O10. The molecule has 0 amide bonds. The lowest BCUT2D eigenvalue weighted by Gasteiger charge is -2.17. The lowest BCUT2D eigenvalue weighted by Crippen LogP contribution is -2.29. The molecule has 0 saturated carbocycles. The van der Waals surface area contributed by atoms with Crippen molar-refractivity contribution in [3.05, 3.63) is 114 Å². The van der Waals surface area contributed by atoms with Crippen molar-refractivity contribution >= 4 is 23.9 Å². The first-order chi connectivity index (χ1) is 21.7. The van der Waals surface area contributed by atoms with Crippen molar-refractivity contribution < 1.29 is 47.6 Å². The molecule has 10 heteroatoms. The number of hydrogen-bond donors (Lipinski definition) is 0. The molecule has 3 aromatic carbocycles. The average Bonchev–Trinajstić information content (AvgIpc) is 3.04. The van der Waals surface area contributed by atoms with E-state index in [-0.39, 0.29) is 19.0 Å². The zero-order valence-corrected chi connectivity index (χ0v) is 25.3. The minimum absolute atomic E-state index is 0.0485. The van der Waals surface area contributed by atoms with Gasteiger partial charge in [0.1, 0.15) is 23.9 Å². The minimum atomic E-state index is -0.766. The quantitative estimate of drug-likeness (QED) is 0.0802. The van der Waals surface area contributed by atoms with E-state index in [9.17, 15) is 19.2 Å². The highest BCUT2D eigenvalue weighted by Gasteiger charge is 2.16. The molecule has 3 rings (SSSR count). The second-order valence-electron chi connectivity index (χ2n) is 9.82. The van der Waals surface area contributed by atoms with Crippen LogP contribution in [0.25, 0.3) is 0 Å². The number of benzene rings is 3. The number of unbranched alkanes of at least 4 members (excludes halogenated alkanes) is 1. The molecule has 0 aliphatic rings. The van der Waals surface area contributed by atoms with Gasteiger partial charge in [-0.25, -0.2) is 19.2 Å². The number of aryl methyl sites for hydroxylation is 2. The van der Waals surface area contributed by atoms with Crippen molar-refractivity contribution in [3.8, 4) is 17.2 Å². The highest BCUT2D eigenvalue weighted by Crippen LogP contribution is 2.22. The van der Waals surface area contributed by atoms with Gasteiger partial charge >= 0.3 is 23.9 Å². The molecule has 10 nitrogen and oxygen atoms in total. The van der Waals surface area contributed by atoms with E-state index in [1.165, 1.54) is 24.3 Å². The largest absolute Gasteiger partial charge is 0.494 e. The Kier molecular flexibility index (Phi) is 13.5. The van der Waals surface area contributed by atoms with Gasteiger partial charge in [-0.1, -0.05) is 30.9 Å². The van der Waals surface area contributed by atoms with E-state index in [4.69, 9.17) is 28.4 Å². The number of hydrogen-bond acceptors (Lipinski definition) is 10. The Hall–Kier alpha value is -5.22. The molecule has 0 fully saturated rings. The number of esters is 4. The van der Waals surface area contributed by atoms with Crippen molar-refractivity contribution in [2.75, 3.05) is 26.4 Å². The Morgan fingerprint density at radius 3 is 1.93 bits per heavy atom. The van der Waals surface area contributed by atoms with Crippen molar-refractivity contribution in [2.45, 2.75) is 32.8 Å². The van der Waals surface area contributed by atoms with Gasteiger partial charge in [-0.2, -0.15) is 0 Å². The van der Waals surface area contributed by atoms with Crippen LogP contribution in [0.2, 0.25) is 0 Å². The first-order valence-corrected chi connectivity index (χ1v) is 14.2. The third kappa shape index (κ3) is 11.8. The van der Waals surface area contributed by atoms with Crippen LogP contribution in [0.1, 0.15) is 44.7 Å². The summed E-state index contributed by atoms with van der Waals surface area (Å²) in [5.74, 6) is -0.978. The number of carbonyl (C=O) groups is 4. The average molecular weight is 617 g/mol. The molecule has 3 aromatic rings. The molecule has 1 atom stereocenters. The molecule has 0 radical (unpaired) electrons. The van der Waals surface area contributed by atoms with E-state index in [1.54, 1.807) is 30.3 Å². The minimum Gasteiger partial charge on any atom is -0.494 e. The summed E-state index contributed by atoms with van der Waals surface area (Å²) in [4.78, 5) is 47.8. The zero-order chi connectivity index (χ0) is 32.6. The molecule has 0 aromatic heterocycles. The van der Waals surface area contributed by atoms with Gasteiger partial charge in [0.2, 0.25) is 0 Å². The molecule has 1 unspecified atom stereocenters. The highest BCUT2D eigenvalue weighted by molar-refractivity contribution is 5.93. The topological polar surface area (TPSA) is 124 Å². The first kappa shape index (κ1) is 34.3. The molecule has 45 heavy (non-hydrogen) atoms. The van der Waals surface area contributed by atoms with Gasteiger partial charge in [0, 0.05) is 18.8 Å². The van der Waals surface area contributed by atoms with Crippen LogP contribution >= 0.6 is 0 Å². The molecule has 0 saturated heterocycles. The smallest absolute Gasteiger partial charge is 0.343 e.